The standard InChI is InChI=1S/C17H18N6O3/c1-11(24)23-5-3-12(10-23)7-20-8-13(6-18)26-17-21-15-9-19-4-2-14(15)16(25)22-17/h2,4,6-9,12,18H,3,5,10H2,1H3,(H,21,22,25)/b13-8+,18-6?,20-7?. The first-order valence-electron chi connectivity index (χ1n) is 8.08. The van der Waals surface area contributed by atoms with Crippen LogP contribution < -0.4 is 10.3 Å². The summed E-state index contributed by atoms with van der Waals surface area (Å²) in [6.45, 7) is 2.91. The normalized spacial score (nSPS) is 17.8. The summed E-state index contributed by atoms with van der Waals surface area (Å²) in [7, 11) is 0. The van der Waals surface area contributed by atoms with Crippen molar-refractivity contribution in [3.63, 3.8) is 0 Å². The number of aromatic nitrogens is 3. The molecule has 3 heterocycles. The number of hydrogen-bond donors (Lipinski definition) is 2. The Morgan fingerprint density at radius 1 is 1.54 bits per heavy atom. The molecule has 1 amide bonds. The number of nitrogens with one attached hydrogen (secondary N) is 2. The van der Waals surface area contributed by atoms with Gasteiger partial charge in [0.2, 0.25) is 5.91 Å². The number of aliphatic imine (C=N–C) groups is 1. The Labute approximate surface area is 149 Å². The van der Waals surface area contributed by atoms with Crippen LogP contribution in [0.25, 0.3) is 10.9 Å². The molecule has 9 heteroatoms. The second-order valence-corrected chi connectivity index (χ2v) is 5.85. The Kier molecular flexibility index (Phi) is 5.16. The molecular weight excluding hydrogens is 336 g/mol. The molecule has 2 aromatic heterocycles. The Morgan fingerprint density at radius 3 is 3.12 bits per heavy atom. The maximum absolute atomic E-state index is 12.0. The highest BCUT2D eigenvalue weighted by Crippen LogP contribution is 2.14. The van der Waals surface area contributed by atoms with Gasteiger partial charge in [-0.3, -0.25) is 24.5 Å². The molecule has 1 atom stereocenters. The topological polar surface area (TPSA) is 124 Å². The van der Waals surface area contributed by atoms with Crippen LogP contribution in [0.3, 0.4) is 0 Å². The summed E-state index contributed by atoms with van der Waals surface area (Å²) >= 11 is 0. The Balaban J connectivity index is 1.70. The molecule has 0 spiro atoms. The second-order valence-electron chi connectivity index (χ2n) is 5.85. The average Bonchev–Trinajstić information content (AvgIpc) is 3.10. The van der Waals surface area contributed by atoms with E-state index >= 15 is 0 Å². The minimum atomic E-state index is -0.351. The summed E-state index contributed by atoms with van der Waals surface area (Å²) < 4.78 is 5.42. The van der Waals surface area contributed by atoms with Crippen LogP contribution >= 0.6 is 0 Å². The van der Waals surface area contributed by atoms with Crippen LogP contribution in [0.4, 0.5) is 0 Å². The Hall–Kier alpha value is -3.36. The van der Waals surface area contributed by atoms with Crippen LogP contribution in [0.2, 0.25) is 0 Å². The Morgan fingerprint density at radius 2 is 2.38 bits per heavy atom. The van der Waals surface area contributed by atoms with E-state index in [0.29, 0.717) is 17.4 Å². The van der Waals surface area contributed by atoms with Gasteiger partial charge in [-0.1, -0.05) is 0 Å². The number of likely N-dealkylation sites (tertiary alicyclic amines) is 1. The molecule has 0 aromatic carbocycles. The molecule has 0 radical (unpaired) electrons. The summed E-state index contributed by atoms with van der Waals surface area (Å²) in [4.78, 5) is 39.9. The number of rotatable bonds is 5. The van der Waals surface area contributed by atoms with Gasteiger partial charge in [0.1, 0.15) is 0 Å². The van der Waals surface area contributed by atoms with E-state index in [4.69, 9.17) is 10.1 Å². The molecule has 1 unspecified atom stereocenters. The highest BCUT2D eigenvalue weighted by atomic mass is 16.5. The smallest absolute Gasteiger partial charge is 0.302 e. The van der Waals surface area contributed by atoms with Gasteiger partial charge < -0.3 is 15.0 Å². The minimum Gasteiger partial charge on any atom is -0.422 e. The largest absolute Gasteiger partial charge is 0.422 e. The summed E-state index contributed by atoms with van der Waals surface area (Å²) in [6, 6.07) is 1.53. The predicted octanol–water partition coefficient (Wildman–Crippen LogP) is 1.13. The molecule has 0 aliphatic carbocycles. The van der Waals surface area contributed by atoms with Crippen molar-refractivity contribution in [3.05, 3.63) is 40.8 Å². The van der Waals surface area contributed by atoms with Crippen LogP contribution in [-0.4, -0.2) is 51.3 Å². The number of aromatic amines is 1. The Bertz CT molecular complexity index is 949. The molecule has 1 aliphatic rings. The number of carbonyl (C=O) groups excluding carboxylic acids is 1. The van der Waals surface area contributed by atoms with E-state index < -0.39 is 0 Å². The summed E-state index contributed by atoms with van der Waals surface area (Å²) in [5.74, 6) is 0.349. The van der Waals surface area contributed by atoms with Crippen molar-refractivity contribution in [1.29, 1.82) is 5.41 Å². The fourth-order valence-electron chi connectivity index (χ4n) is 2.66. The number of fused-ring (bicyclic) bond motifs is 1. The maximum Gasteiger partial charge on any atom is 0.302 e. The fourth-order valence-corrected chi connectivity index (χ4v) is 2.66. The molecule has 0 saturated carbocycles. The lowest BCUT2D eigenvalue weighted by molar-refractivity contribution is -0.127. The van der Waals surface area contributed by atoms with E-state index in [-0.39, 0.29) is 29.2 Å². The van der Waals surface area contributed by atoms with E-state index in [9.17, 15) is 9.59 Å². The van der Waals surface area contributed by atoms with Crippen molar-refractivity contribution in [2.45, 2.75) is 13.3 Å². The number of nitrogens with zero attached hydrogens (tertiary/aromatic N) is 4. The van der Waals surface area contributed by atoms with Gasteiger partial charge >= 0.3 is 6.01 Å². The van der Waals surface area contributed by atoms with Gasteiger partial charge in [-0.2, -0.15) is 4.98 Å². The molecular formula is C17H18N6O3. The van der Waals surface area contributed by atoms with Gasteiger partial charge in [0.05, 0.1) is 29.5 Å². The summed E-state index contributed by atoms with van der Waals surface area (Å²) in [5, 5.41) is 7.83. The van der Waals surface area contributed by atoms with Crippen LogP contribution in [0.5, 0.6) is 6.01 Å². The SMILES string of the molecule is CC(=O)N1CCC(C=N/C=C(\C=N)Oc2nc3cnccc3c(=O)[nH]2)C1. The lowest BCUT2D eigenvalue weighted by Gasteiger charge is -2.11. The minimum absolute atomic E-state index is 0.0379. The van der Waals surface area contributed by atoms with Crippen molar-refractivity contribution in [3.8, 4) is 6.01 Å². The van der Waals surface area contributed by atoms with E-state index in [1.165, 1.54) is 18.6 Å². The van der Waals surface area contributed by atoms with Gasteiger partial charge in [0.25, 0.3) is 5.56 Å². The molecule has 9 nitrogen and oxygen atoms in total. The number of ether oxygens (including phenoxy) is 1. The average molecular weight is 354 g/mol. The van der Waals surface area contributed by atoms with E-state index in [0.717, 1.165) is 19.2 Å². The van der Waals surface area contributed by atoms with Crippen molar-refractivity contribution >= 4 is 29.2 Å². The van der Waals surface area contributed by atoms with Gasteiger partial charge in [0.15, 0.2) is 5.76 Å². The number of H-pyrrole nitrogens is 1. The second kappa shape index (κ2) is 7.68. The molecule has 3 rings (SSSR count). The third-order valence-electron chi connectivity index (χ3n) is 4.01. The monoisotopic (exact) mass is 354 g/mol. The lowest BCUT2D eigenvalue weighted by Crippen LogP contribution is -2.25. The molecule has 2 N–H and O–H groups in total. The van der Waals surface area contributed by atoms with E-state index in [1.807, 2.05) is 0 Å². The first-order chi connectivity index (χ1) is 12.6. The van der Waals surface area contributed by atoms with Crippen LogP contribution in [0.1, 0.15) is 13.3 Å². The molecule has 26 heavy (non-hydrogen) atoms. The number of hydrogen-bond acceptors (Lipinski definition) is 7. The molecule has 1 fully saturated rings. The number of carbonyl (C=O) groups is 1. The zero-order valence-corrected chi connectivity index (χ0v) is 14.2. The quantitative estimate of drug-likeness (QED) is 0.615. The van der Waals surface area contributed by atoms with Crippen LogP contribution in [0, 0.1) is 11.3 Å². The summed E-state index contributed by atoms with van der Waals surface area (Å²) in [6.07, 6.45) is 7.90. The van der Waals surface area contributed by atoms with Crippen molar-refractivity contribution in [2.24, 2.45) is 10.9 Å². The van der Waals surface area contributed by atoms with Gasteiger partial charge in [-0.15, -0.1) is 0 Å². The predicted molar refractivity (Wildman–Crippen MR) is 96.5 cm³/mol. The first kappa shape index (κ1) is 17.5. The zero-order valence-electron chi connectivity index (χ0n) is 14.2. The number of allylic oxidation sites excluding steroid dienone is 1. The fraction of sp³-hybridized carbons (Fsp3) is 0.294. The highest BCUT2D eigenvalue weighted by Gasteiger charge is 2.22. The van der Waals surface area contributed by atoms with Crippen molar-refractivity contribution in [1.82, 2.24) is 19.9 Å². The highest BCUT2D eigenvalue weighted by molar-refractivity contribution is 5.77. The molecule has 1 aliphatic heterocycles. The van der Waals surface area contributed by atoms with Gasteiger partial charge in [-0.25, -0.2) is 0 Å². The maximum atomic E-state index is 12.0. The lowest BCUT2D eigenvalue weighted by atomic mass is 10.1. The van der Waals surface area contributed by atoms with Crippen molar-refractivity contribution < 1.29 is 9.53 Å². The van der Waals surface area contributed by atoms with Crippen LogP contribution in [-0.2, 0) is 4.79 Å². The number of amides is 1. The van der Waals surface area contributed by atoms with E-state index in [1.54, 1.807) is 24.1 Å². The number of pyridine rings is 1. The molecule has 1 saturated heterocycles. The summed E-state index contributed by atoms with van der Waals surface area (Å²) in [5.41, 5.74) is 0.0462. The zero-order chi connectivity index (χ0) is 18.5. The first-order valence-corrected chi connectivity index (χ1v) is 8.08. The van der Waals surface area contributed by atoms with E-state index in [2.05, 4.69) is 19.9 Å². The third-order valence-corrected chi connectivity index (χ3v) is 4.01. The van der Waals surface area contributed by atoms with Gasteiger partial charge in [0, 0.05) is 38.3 Å². The van der Waals surface area contributed by atoms with Crippen molar-refractivity contribution in [2.75, 3.05) is 13.1 Å². The van der Waals surface area contributed by atoms with Crippen LogP contribution in [0.15, 0.2) is 40.2 Å². The third kappa shape index (κ3) is 4.00. The molecule has 134 valence electrons. The molecule has 2 aromatic rings. The molecule has 0 bridgehead atoms. The van der Waals surface area contributed by atoms with Gasteiger partial charge in [-0.05, 0) is 12.5 Å².